The number of hydrogen-bond donors (Lipinski definition) is 2. The van der Waals surface area contributed by atoms with Crippen LogP contribution in [0.15, 0.2) is 23.0 Å². The van der Waals surface area contributed by atoms with Gasteiger partial charge in [-0.05, 0) is 29.3 Å². The van der Waals surface area contributed by atoms with E-state index in [2.05, 4.69) is 20.6 Å². The molecule has 0 aliphatic rings. The second-order valence-corrected chi connectivity index (χ2v) is 4.19. The monoisotopic (exact) mass is 252 g/mol. The highest BCUT2D eigenvalue weighted by Gasteiger charge is 2.06. The van der Waals surface area contributed by atoms with Crippen molar-refractivity contribution in [2.45, 2.75) is 13.5 Å². The molecular formula is C11H13FN4S. The summed E-state index contributed by atoms with van der Waals surface area (Å²) in [5, 5.41) is 9.89. The van der Waals surface area contributed by atoms with Gasteiger partial charge in [-0.15, -0.1) is 0 Å². The van der Waals surface area contributed by atoms with Crippen molar-refractivity contribution in [3.8, 4) is 0 Å². The molecule has 0 bridgehead atoms. The minimum absolute atomic E-state index is 0.224. The van der Waals surface area contributed by atoms with Gasteiger partial charge in [-0.3, -0.25) is 0 Å². The summed E-state index contributed by atoms with van der Waals surface area (Å²) >= 11 is 1.61. The zero-order valence-corrected chi connectivity index (χ0v) is 10.2. The Labute approximate surface area is 103 Å². The number of thiophene rings is 1. The number of nitrogens with zero attached hydrogens (tertiary/aromatic N) is 2. The van der Waals surface area contributed by atoms with E-state index in [1.165, 1.54) is 6.20 Å². The summed E-state index contributed by atoms with van der Waals surface area (Å²) in [5.74, 6) is 0.214. The maximum absolute atomic E-state index is 13.4. The molecule has 0 saturated carbocycles. The molecule has 2 aromatic heterocycles. The second-order valence-electron chi connectivity index (χ2n) is 3.41. The average molecular weight is 252 g/mol. The molecule has 0 radical (unpaired) electrons. The molecule has 6 heteroatoms. The lowest BCUT2D eigenvalue weighted by Crippen LogP contribution is -2.08. The van der Waals surface area contributed by atoms with Crippen LogP contribution in [0.1, 0.15) is 12.5 Å². The first-order chi connectivity index (χ1) is 8.29. The first kappa shape index (κ1) is 11.8. The van der Waals surface area contributed by atoms with E-state index >= 15 is 0 Å². The molecule has 0 saturated heterocycles. The quantitative estimate of drug-likeness (QED) is 0.859. The normalized spacial score (nSPS) is 10.2. The Hall–Kier alpha value is -1.69. The summed E-state index contributed by atoms with van der Waals surface area (Å²) in [6.07, 6.45) is 1.17. The van der Waals surface area contributed by atoms with Crippen LogP contribution >= 0.6 is 11.3 Å². The lowest BCUT2D eigenvalue weighted by atomic mass is 10.3. The number of anilines is 2. The van der Waals surface area contributed by atoms with E-state index in [9.17, 15) is 4.39 Å². The van der Waals surface area contributed by atoms with Crippen molar-refractivity contribution in [1.82, 2.24) is 9.97 Å². The number of hydrogen-bond acceptors (Lipinski definition) is 5. The van der Waals surface area contributed by atoms with E-state index in [0.717, 1.165) is 5.56 Å². The van der Waals surface area contributed by atoms with Gasteiger partial charge in [0.15, 0.2) is 11.6 Å². The van der Waals surface area contributed by atoms with Gasteiger partial charge >= 0.3 is 0 Å². The first-order valence-electron chi connectivity index (χ1n) is 5.31. The largest absolute Gasteiger partial charge is 0.363 e. The van der Waals surface area contributed by atoms with Gasteiger partial charge < -0.3 is 10.6 Å². The minimum Gasteiger partial charge on any atom is -0.363 e. The van der Waals surface area contributed by atoms with Gasteiger partial charge in [0, 0.05) is 13.1 Å². The molecule has 2 rings (SSSR count). The Kier molecular flexibility index (Phi) is 3.87. The molecule has 0 aliphatic heterocycles. The van der Waals surface area contributed by atoms with Crippen LogP contribution < -0.4 is 10.6 Å². The van der Waals surface area contributed by atoms with Gasteiger partial charge in [0.1, 0.15) is 0 Å². The number of rotatable bonds is 5. The van der Waals surface area contributed by atoms with Gasteiger partial charge in [0.25, 0.3) is 0 Å². The zero-order chi connectivity index (χ0) is 12.1. The topological polar surface area (TPSA) is 49.8 Å². The van der Waals surface area contributed by atoms with Crippen LogP contribution in [0.25, 0.3) is 0 Å². The highest BCUT2D eigenvalue weighted by molar-refractivity contribution is 7.07. The van der Waals surface area contributed by atoms with Crippen LogP contribution in [0.2, 0.25) is 0 Å². The van der Waals surface area contributed by atoms with E-state index in [1.807, 2.05) is 23.8 Å². The summed E-state index contributed by atoms with van der Waals surface area (Å²) in [6.45, 7) is 3.20. The molecule has 0 spiro atoms. The predicted molar refractivity (Wildman–Crippen MR) is 67.8 cm³/mol. The number of aromatic nitrogens is 2. The molecule has 2 aromatic rings. The fraction of sp³-hybridized carbons (Fsp3) is 0.273. The van der Waals surface area contributed by atoms with Crippen molar-refractivity contribution in [3.63, 3.8) is 0 Å². The van der Waals surface area contributed by atoms with Gasteiger partial charge in [-0.2, -0.15) is 16.3 Å². The third kappa shape index (κ3) is 3.13. The lowest BCUT2D eigenvalue weighted by molar-refractivity contribution is 0.617. The van der Waals surface area contributed by atoms with Crippen LogP contribution in [0, 0.1) is 5.82 Å². The first-order valence-corrected chi connectivity index (χ1v) is 6.25. The second kappa shape index (κ2) is 5.58. The maximum atomic E-state index is 13.4. The van der Waals surface area contributed by atoms with Gasteiger partial charge in [0.05, 0.1) is 6.20 Å². The molecule has 17 heavy (non-hydrogen) atoms. The molecule has 2 N–H and O–H groups in total. The average Bonchev–Trinajstić information content (AvgIpc) is 2.83. The van der Waals surface area contributed by atoms with Crippen molar-refractivity contribution in [2.75, 3.05) is 17.2 Å². The fourth-order valence-electron chi connectivity index (χ4n) is 1.31. The fourth-order valence-corrected chi connectivity index (χ4v) is 1.98. The highest BCUT2D eigenvalue weighted by Crippen LogP contribution is 2.14. The highest BCUT2D eigenvalue weighted by atomic mass is 32.1. The Balaban J connectivity index is 2.06. The van der Waals surface area contributed by atoms with Crippen LogP contribution in [-0.4, -0.2) is 16.5 Å². The molecule has 4 nitrogen and oxygen atoms in total. The predicted octanol–water partition coefficient (Wildman–Crippen LogP) is 2.72. The van der Waals surface area contributed by atoms with Gasteiger partial charge in [-0.25, -0.2) is 9.37 Å². The van der Waals surface area contributed by atoms with E-state index in [0.29, 0.717) is 19.0 Å². The van der Waals surface area contributed by atoms with Crippen LogP contribution in [0.3, 0.4) is 0 Å². The summed E-state index contributed by atoms with van der Waals surface area (Å²) in [7, 11) is 0. The molecule has 2 heterocycles. The zero-order valence-electron chi connectivity index (χ0n) is 9.40. The van der Waals surface area contributed by atoms with Crippen LogP contribution in [0.4, 0.5) is 16.2 Å². The van der Waals surface area contributed by atoms with Crippen molar-refractivity contribution in [2.24, 2.45) is 0 Å². The Morgan fingerprint density at radius 2 is 2.29 bits per heavy atom. The summed E-state index contributed by atoms with van der Waals surface area (Å²) in [5.41, 5.74) is 1.11. The molecule has 0 aromatic carbocycles. The molecule has 0 amide bonds. The van der Waals surface area contributed by atoms with E-state index < -0.39 is 5.82 Å². The van der Waals surface area contributed by atoms with Crippen molar-refractivity contribution in [1.29, 1.82) is 0 Å². The molecule has 0 aliphatic carbocycles. The van der Waals surface area contributed by atoms with E-state index in [1.54, 1.807) is 11.3 Å². The summed E-state index contributed by atoms with van der Waals surface area (Å²) in [6, 6.07) is 1.99. The standard InChI is InChI=1S/C11H13FN4S/c1-2-13-11-15-6-9(12)10(16-11)14-5-8-3-4-17-7-8/h3-4,6-7H,2,5H2,1H3,(H2,13,14,15,16). The molecule has 0 fully saturated rings. The third-order valence-corrected chi connectivity index (χ3v) is 2.85. The maximum Gasteiger partial charge on any atom is 0.224 e. The third-order valence-electron chi connectivity index (χ3n) is 2.12. The molecule has 0 unspecified atom stereocenters. The summed E-state index contributed by atoms with van der Waals surface area (Å²) < 4.78 is 13.4. The SMILES string of the molecule is CCNc1ncc(F)c(NCc2ccsc2)n1. The van der Waals surface area contributed by atoms with E-state index in [4.69, 9.17) is 0 Å². The van der Waals surface area contributed by atoms with Crippen molar-refractivity contribution >= 4 is 23.1 Å². The molecule has 90 valence electrons. The summed E-state index contributed by atoms with van der Waals surface area (Å²) in [4.78, 5) is 7.90. The van der Waals surface area contributed by atoms with Crippen LogP contribution in [0.5, 0.6) is 0 Å². The number of halogens is 1. The number of nitrogens with one attached hydrogen (secondary N) is 2. The van der Waals surface area contributed by atoms with Crippen molar-refractivity contribution in [3.05, 3.63) is 34.4 Å². The Morgan fingerprint density at radius 1 is 1.41 bits per heavy atom. The van der Waals surface area contributed by atoms with Gasteiger partial charge in [-0.1, -0.05) is 0 Å². The Morgan fingerprint density at radius 3 is 3.00 bits per heavy atom. The minimum atomic E-state index is -0.443. The lowest BCUT2D eigenvalue weighted by Gasteiger charge is -2.07. The van der Waals surface area contributed by atoms with Crippen LogP contribution in [-0.2, 0) is 6.54 Å². The molecule has 0 atom stereocenters. The molecular weight excluding hydrogens is 239 g/mol. The van der Waals surface area contributed by atoms with Crippen molar-refractivity contribution < 1.29 is 4.39 Å². The smallest absolute Gasteiger partial charge is 0.224 e. The van der Waals surface area contributed by atoms with E-state index in [-0.39, 0.29) is 5.82 Å². The Bertz CT molecular complexity index is 472. The van der Waals surface area contributed by atoms with Gasteiger partial charge in [0.2, 0.25) is 5.95 Å².